The van der Waals surface area contributed by atoms with Crippen molar-refractivity contribution in [3.8, 4) is 11.5 Å². The minimum atomic E-state index is -0.373. The number of pyridine rings is 1. The predicted octanol–water partition coefficient (Wildman–Crippen LogP) is 3.91. The number of piperazine rings is 1. The zero-order valence-electron chi connectivity index (χ0n) is 23.9. The van der Waals surface area contributed by atoms with E-state index in [2.05, 4.69) is 82.3 Å². The van der Waals surface area contributed by atoms with E-state index in [0.29, 0.717) is 11.4 Å². The highest BCUT2D eigenvalue weighted by Gasteiger charge is 2.35. The third-order valence-corrected chi connectivity index (χ3v) is 8.41. The van der Waals surface area contributed by atoms with Crippen LogP contribution in [0, 0.1) is 13.8 Å². The molecule has 0 spiro atoms. The van der Waals surface area contributed by atoms with Crippen LogP contribution < -0.4 is 15.0 Å². The van der Waals surface area contributed by atoms with Gasteiger partial charge in [-0.25, -0.2) is 4.68 Å². The first-order valence-electron chi connectivity index (χ1n) is 14.0. The van der Waals surface area contributed by atoms with Crippen molar-refractivity contribution in [3.63, 3.8) is 0 Å². The number of tetrazole rings is 1. The number of rotatable bonds is 7. The fraction of sp³-hybridized carbons (Fsp3) is 0.467. The molecule has 40 heavy (non-hydrogen) atoms. The first-order valence-corrected chi connectivity index (χ1v) is 14.0. The normalized spacial score (nSPS) is 17.0. The van der Waals surface area contributed by atoms with Gasteiger partial charge in [0.15, 0.2) is 17.3 Å². The highest BCUT2D eigenvalue weighted by molar-refractivity contribution is 5.83. The largest absolute Gasteiger partial charge is 0.454 e. The topological polar surface area (TPSA) is 101 Å². The Labute approximate surface area is 233 Å². The average Bonchev–Trinajstić information content (AvgIpc) is 3.61. The van der Waals surface area contributed by atoms with Gasteiger partial charge in [-0.15, -0.1) is 5.10 Å². The summed E-state index contributed by atoms with van der Waals surface area (Å²) in [6.07, 6.45) is 0.855. The van der Waals surface area contributed by atoms with Crippen molar-refractivity contribution in [1.82, 2.24) is 35.0 Å². The summed E-state index contributed by atoms with van der Waals surface area (Å²) < 4.78 is 12.9. The Morgan fingerprint density at radius 1 is 1.02 bits per heavy atom. The van der Waals surface area contributed by atoms with Gasteiger partial charge in [-0.1, -0.05) is 24.6 Å². The molecule has 2 aliphatic rings. The van der Waals surface area contributed by atoms with Crippen molar-refractivity contribution in [2.24, 2.45) is 0 Å². The van der Waals surface area contributed by atoms with Crippen LogP contribution in [0.2, 0.25) is 0 Å². The Balaban J connectivity index is 1.33. The van der Waals surface area contributed by atoms with Crippen LogP contribution in [-0.4, -0.2) is 68.0 Å². The van der Waals surface area contributed by atoms with Crippen LogP contribution in [0.5, 0.6) is 11.5 Å². The second-order valence-electron chi connectivity index (χ2n) is 11.6. The molecule has 2 aromatic heterocycles. The van der Waals surface area contributed by atoms with Crippen molar-refractivity contribution < 1.29 is 9.47 Å². The molecular weight excluding hydrogens is 506 g/mol. The van der Waals surface area contributed by atoms with Gasteiger partial charge in [-0.05, 0) is 85.3 Å². The molecule has 2 aliphatic heterocycles. The van der Waals surface area contributed by atoms with Gasteiger partial charge in [0.25, 0.3) is 5.56 Å². The summed E-state index contributed by atoms with van der Waals surface area (Å²) in [7, 11) is 0. The molecule has 1 fully saturated rings. The molecule has 210 valence electrons. The zero-order valence-corrected chi connectivity index (χ0v) is 23.9. The number of hydrogen-bond donors (Lipinski definition) is 1. The number of H-pyrrole nitrogens is 1. The van der Waals surface area contributed by atoms with Crippen molar-refractivity contribution in [3.05, 3.63) is 74.8 Å². The molecule has 0 amide bonds. The quantitative estimate of drug-likeness (QED) is 0.374. The van der Waals surface area contributed by atoms with E-state index >= 15 is 0 Å². The van der Waals surface area contributed by atoms with E-state index in [0.717, 1.165) is 72.7 Å². The van der Waals surface area contributed by atoms with Gasteiger partial charge >= 0.3 is 0 Å². The number of ether oxygens (including phenoxy) is 2. The van der Waals surface area contributed by atoms with E-state index in [4.69, 9.17) is 9.47 Å². The lowest BCUT2D eigenvalue weighted by molar-refractivity contribution is 0.0968. The molecule has 0 saturated carbocycles. The number of nitrogens with zero attached hydrogens (tertiary/aromatic N) is 6. The summed E-state index contributed by atoms with van der Waals surface area (Å²) in [6, 6.07) is 12.0. The van der Waals surface area contributed by atoms with Crippen LogP contribution >= 0.6 is 0 Å². The van der Waals surface area contributed by atoms with E-state index in [1.165, 1.54) is 5.56 Å². The van der Waals surface area contributed by atoms with E-state index in [1.54, 1.807) is 0 Å². The molecule has 6 rings (SSSR count). The van der Waals surface area contributed by atoms with Crippen LogP contribution in [0.4, 0.5) is 0 Å². The minimum absolute atomic E-state index is 0.101. The number of aromatic nitrogens is 5. The Morgan fingerprint density at radius 2 is 1.80 bits per heavy atom. The fourth-order valence-electron chi connectivity index (χ4n) is 5.83. The van der Waals surface area contributed by atoms with E-state index in [9.17, 15) is 4.79 Å². The lowest BCUT2D eigenvalue weighted by Crippen LogP contribution is -2.49. The summed E-state index contributed by atoms with van der Waals surface area (Å²) in [5, 5.41) is 14.0. The standard InChI is InChI=1S/C30H37N7O3/c1-6-30(4,5)37-28(32-33-34-37)27(23-16-22-14-19(2)13-20(3)26(22)31-29(23)38)36-11-9-35(10-12-36)17-21-7-8-24-25(15-21)40-18-39-24/h7-8,13-16,27H,6,9-12,17-18H2,1-5H3,(H,31,38)/t27-/m0/s1. The van der Waals surface area contributed by atoms with Crippen LogP contribution in [-0.2, 0) is 12.1 Å². The molecule has 0 bridgehead atoms. The summed E-state index contributed by atoms with van der Waals surface area (Å²) in [6.45, 7) is 14.9. The number of hydrogen-bond acceptors (Lipinski definition) is 8. The maximum atomic E-state index is 13.7. The van der Waals surface area contributed by atoms with Gasteiger partial charge in [0.2, 0.25) is 6.79 Å². The van der Waals surface area contributed by atoms with Crippen LogP contribution in [0.15, 0.2) is 41.2 Å². The number of aryl methyl sites for hydroxylation is 2. The lowest BCUT2D eigenvalue weighted by Gasteiger charge is -2.39. The van der Waals surface area contributed by atoms with Crippen LogP contribution in [0.1, 0.15) is 61.3 Å². The SMILES string of the molecule is CCC(C)(C)n1nnnc1[C@H](c1cc2cc(C)cc(C)c2[nH]c1=O)N1CCN(Cc2ccc3c(c2)OCO3)CC1. The minimum Gasteiger partial charge on any atom is -0.454 e. The third-order valence-electron chi connectivity index (χ3n) is 8.41. The molecule has 4 heterocycles. The second kappa shape index (κ2) is 10.3. The molecule has 1 saturated heterocycles. The summed E-state index contributed by atoms with van der Waals surface area (Å²) in [5.41, 5.74) is 4.56. The van der Waals surface area contributed by atoms with Crippen LogP contribution in [0.3, 0.4) is 0 Å². The number of fused-ring (bicyclic) bond motifs is 2. The van der Waals surface area contributed by atoms with E-state index in [-0.39, 0.29) is 23.9 Å². The highest BCUT2D eigenvalue weighted by atomic mass is 16.7. The number of nitrogens with one attached hydrogen (secondary N) is 1. The lowest BCUT2D eigenvalue weighted by atomic mass is 9.98. The second-order valence-corrected chi connectivity index (χ2v) is 11.6. The van der Waals surface area contributed by atoms with E-state index in [1.807, 2.05) is 23.7 Å². The molecule has 2 aromatic carbocycles. The van der Waals surface area contributed by atoms with Crippen LogP contribution in [0.25, 0.3) is 10.9 Å². The molecule has 10 heteroatoms. The summed E-state index contributed by atoms with van der Waals surface area (Å²) in [5.74, 6) is 2.31. The molecule has 10 nitrogen and oxygen atoms in total. The first kappa shape index (κ1) is 26.5. The molecule has 4 aromatic rings. The predicted molar refractivity (Wildman–Crippen MR) is 153 cm³/mol. The molecule has 0 aliphatic carbocycles. The third kappa shape index (κ3) is 4.86. The summed E-state index contributed by atoms with van der Waals surface area (Å²) in [4.78, 5) is 21.6. The molecule has 1 N–H and O–H groups in total. The van der Waals surface area contributed by atoms with Gasteiger partial charge in [0.1, 0.15) is 6.04 Å². The van der Waals surface area contributed by atoms with Gasteiger partial charge in [0.05, 0.1) is 11.1 Å². The first-order chi connectivity index (χ1) is 19.2. The van der Waals surface area contributed by atoms with Gasteiger partial charge in [-0.2, -0.15) is 0 Å². The van der Waals surface area contributed by atoms with Crippen molar-refractivity contribution in [2.75, 3.05) is 33.0 Å². The summed E-state index contributed by atoms with van der Waals surface area (Å²) >= 11 is 0. The highest BCUT2D eigenvalue weighted by Crippen LogP contribution is 2.34. The fourth-order valence-corrected chi connectivity index (χ4v) is 5.83. The molecule has 0 radical (unpaired) electrons. The molecular formula is C30H37N7O3. The monoisotopic (exact) mass is 543 g/mol. The maximum absolute atomic E-state index is 13.7. The average molecular weight is 544 g/mol. The number of aromatic amines is 1. The molecule has 1 atom stereocenters. The van der Waals surface area contributed by atoms with Crippen molar-refractivity contribution >= 4 is 10.9 Å². The Kier molecular flexibility index (Phi) is 6.83. The van der Waals surface area contributed by atoms with Gasteiger partial charge in [0, 0.05) is 38.3 Å². The van der Waals surface area contributed by atoms with Crippen molar-refractivity contribution in [1.29, 1.82) is 0 Å². The maximum Gasteiger partial charge on any atom is 0.253 e. The molecule has 0 unspecified atom stereocenters. The van der Waals surface area contributed by atoms with E-state index < -0.39 is 0 Å². The smallest absolute Gasteiger partial charge is 0.253 e. The zero-order chi connectivity index (χ0) is 28.0. The number of benzene rings is 2. The Bertz CT molecular complexity index is 1600. The Hall–Kier alpha value is -3.76. The van der Waals surface area contributed by atoms with Gasteiger partial charge in [-0.3, -0.25) is 14.6 Å². The van der Waals surface area contributed by atoms with Crippen molar-refractivity contribution in [2.45, 2.75) is 59.2 Å². The Morgan fingerprint density at radius 3 is 2.58 bits per heavy atom. The van der Waals surface area contributed by atoms with Gasteiger partial charge < -0.3 is 14.5 Å².